The number of hydrogen-bond acceptors (Lipinski definition) is 6. The Morgan fingerprint density at radius 2 is 2.06 bits per heavy atom. The van der Waals surface area contributed by atoms with Crippen molar-refractivity contribution in [2.45, 2.75) is 51.1 Å². The van der Waals surface area contributed by atoms with Gasteiger partial charge in [-0.15, -0.1) is 0 Å². The van der Waals surface area contributed by atoms with E-state index in [1.807, 2.05) is 7.05 Å². The molecule has 3 rings (SSSR count). The first-order valence-corrected chi connectivity index (χ1v) is 13.0. The molecular weight excluding hydrogens is 451 g/mol. The molecule has 0 radical (unpaired) electrons. The molecule has 2 N–H and O–H groups in total. The number of likely N-dealkylation sites (tertiary alicyclic amines) is 1. The third-order valence-electron chi connectivity index (χ3n) is 6.12. The number of nitrogens with one attached hydrogen (secondary N) is 2. The summed E-state index contributed by atoms with van der Waals surface area (Å²) in [4.78, 5) is 26.3. The van der Waals surface area contributed by atoms with Gasteiger partial charge in [-0.1, -0.05) is 12.5 Å². The van der Waals surface area contributed by atoms with Crippen molar-refractivity contribution < 1.29 is 27.1 Å². The van der Waals surface area contributed by atoms with Gasteiger partial charge in [0.15, 0.2) is 11.6 Å². The number of nitrogens with zero attached hydrogens (tertiary/aromatic N) is 2. The number of rotatable bonds is 12. The van der Waals surface area contributed by atoms with Crippen LogP contribution in [0.1, 0.15) is 50.6 Å². The van der Waals surface area contributed by atoms with Gasteiger partial charge in [0, 0.05) is 18.6 Å². The summed E-state index contributed by atoms with van der Waals surface area (Å²) in [7, 11) is -1.52. The second kappa shape index (κ2) is 11.3. The lowest BCUT2D eigenvalue weighted by atomic mass is 10.1. The Balaban J connectivity index is 1.44. The first-order chi connectivity index (χ1) is 15.6. The third-order valence-corrected chi connectivity index (χ3v) is 7.66. The van der Waals surface area contributed by atoms with Crippen LogP contribution in [0.5, 0.6) is 5.75 Å². The number of likely N-dealkylation sites (N-methyl/N-ethyl adjacent to an activating group) is 1. The average Bonchev–Trinajstić information content (AvgIpc) is 3.30. The molecule has 1 aromatic carbocycles. The van der Waals surface area contributed by atoms with Gasteiger partial charge >= 0.3 is 6.03 Å². The molecule has 0 aromatic heterocycles. The molecule has 11 heteroatoms. The fourth-order valence-corrected chi connectivity index (χ4v) is 5.48. The summed E-state index contributed by atoms with van der Waals surface area (Å²) in [6.07, 6.45) is 3.76. The van der Waals surface area contributed by atoms with Gasteiger partial charge in [0.05, 0.1) is 5.75 Å². The van der Waals surface area contributed by atoms with Gasteiger partial charge in [-0.25, -0.2) is 22.3 Å². The highest BCUT2D eigenvalue weighted by Crippen LogP contribution is 2.25. The molecule has 0 spiro atoms. The van der Waals surface area contributed by atoms with Crippen LogP contribution in [0.2, 0.25) is 0 Å². The third kappa shape index (κ3) is 7.38. The molecule has 3 amide bonds. The topological polar surface area (TPSA) is 108 Å². The summed E-state index contributed by atoms with van der Waals surface area (Å²) in [5, 5.41) is 2.21. The van der Waals surface area contributed by atoms with Crippen LogP contribution in [0.15, 0.2) is 18.2 Å². The van der Waals surface area contributed by atoms with E-state index in [1.165, 1.54) is 11.0 Å². The Labute approximate surface area is 194 Å². The zero-order valence-electron chi connectivity index (χ0n) is 19.2. The smallest absolute Gasteiger partial charge is 0.324 e. The molecule has 2 aliphatic rings. The van der Waals surface area contributed by atoms with Gasteiger partial charge in [0.1, 0.15) is 13.2 Å². The van der Waals surface area contributed by atoms with E-state index in [4.69, 9.17) is 4.74 Å². The van der Waals surface area contributed by atoms with Gasteiger partial charge in [0.25, 0.3) is 0 Å². The molecule has 0 aliphatic carbocycles. The molecular formula is C22H33FN4O5S. The summed E-state index contributed by atoms with van der Waals surface area (Å²) < 4.78 is 47.5. The highest BCUT2D eigenvalue weighted by Gasteiger charge is 2.26. The molecule has 0 saturated carbocycles. The zero-order valence-corrected chi connectivity index (χ0v) is 20.0. The molecule has 2 atom stereocenters. The number of unbranched alkanes of at least 4 members (excludes halogenated alkanes) is 2. The van der Waals surface area contributed by atoms with Crippen molar-refractivity contribution in [3.05, 3.63) is 29.6 Å². The van der Waals surface area contributed by atoms with Gasteiger partial charge in [-0.2, -0.15) is 0 Å². The molecule has 184 valence electrons. The van der Waals surface area contributed by atoms with Crippen LogP contribution in [-0.2, 0) is 14.8 Å². The maximum atomic E-state index is 14.2. The first-order valence-electron chi connectivity index (χ1n) is 11.4. The van der Waals surface area contributed by atoms with E-state index in [1.54, 1.807) is 19.1 Å². The van der Waals surface area contributed by atoms with Crippen LogP contribution >= 0.6 is 0 Å². The normalized spacial score (nSPS) is 20.3. The highest BCUT2D eigenvalue weighted by molar-refractivity contribution is 7.89. The Morgan fingerprint density at radius 1 is 1.27 bits per heavy atom. The van der Waals surface area contributed by atoms with Crippen LogP contribution < -0.4 is 14.8 Å². The van der Waals surface area contributed by atoms with E-state index < -0.39 is 27.9 Å². The summed E-state index contributed by atoms with van der Waals surface area (Å²) in [5.41, 5.74) is 0.625. The number of carbonyl (C=O) groups is 2. The van der Waals surface area contributed by atoms with E-state index in [0.29, 0.717) is 38.0 Å². The van der Waals surface area contributed by atoms with Crippen molar-refractivity contribution in [3.63, 3.8) is 0 Å². The summed E-state index contributed by atoms with van der Waals surface area (Å²) in [6, 6.07) is 3.73. The van der Waals surface area contributed by atoms with Gasteiger partial charge < -0.3 is 14.5 Å². The largest absolute Gasteiger partial charge is 0.489 e. The fraction of sp³-hybridized carbons (Fsp3) is 0.636. The Kier molecular flexibility index (Phi) is 8.66. The predicted molar refractivity (Wildman–Crippen MR) is 122 cm³/mol. The van der Waals surface area contributed by atoms with E-state index >= 15 is 0 Å². The van der Waals surface area contributed by atoms with Crippen molar-refractivity contribution in [3.8, 4) is 5.75 Å². The van der Waals surface area contributed by atoms with E-state index in [-0.39, 0.29) is 30.0 Å². The van der Waals surface area contributed by atoms with Gasteiger partial charge in [0.2, 0.25) is 15.9 Å². The van der Waals surface area contributed by atoms with Crippen LogP contribution in [0.25, 0.3) is 0 Å². The van der Waals surface area contributed by atoms with Crippen LogP contribution in [0, 0.1) is 5.82 Å². The number of ether oxygens (including phenoxy) is 1. The number of carbonyl (C=O) groups excluding carboxylic acids is 2. The Bertz CT molecular complexity index is 958. The molecule has 2 aliphatic heterocycles. The molecule has 33 heavy (non-hydrogen) atoms. The zero-order chi connectivity index (χ0) is 24.0. The number of sulfonamides is 1. The summed E-state index contributed by atoms with van der Waals surface area (Å²) in [5.74, 6) is -0.715. The monoisotopic (exact) mass is 484 g/mol. The summed E-state index contributed by atoms with van der Waals surface area (Å²) in [6.45, 7) is 3.57. The lowest BCUT2D eigenvalue weighted by Crippen LogP contribution is -2.31. The lowest BCUT2D eigenvalue weighted by molar-refractivity contribution is -0.118. The van der Waals surface area contributed by atoms with Crippen molar-refractivity contribution in [2.75, 3.05) is 39.0 Å². The minimum atomic E-state index is -3.54. The van der Waals surface area contributed by atoms with Crippen molar-refractivity contribution in [1.82, 2.24) is 19.8 Å². The maximum Gasteiger partial charge on any atom is 0.324 e. The molecule has 9 nitrogen and oxygen atoms in total. The minimum Gasteiger partial charge on any atom is -0.489 e. The fourth-order valence-electron chi connectivity index (χ4n) is 4.11. The molecule has 2 heterocycles. The average molecular weight is 485 g/mol. The standard InChI is InChI=1S/C22H33FN4O5S/c1-16(17-8-9-19(23)20(13-17)32-15-18-7-6-10-26(18)2)25-33(30,31)12-5-3-4-11-27-14-21(28)24-22(27)29/h8-9,13,16,18,25H,3-7,10-12,14-15H2,1-2H3,(H,24,28,29)/t16-,18-/m1/s1. The first kappa shape index (κ1) is 25.4. The SMILES string of the molecule is C[C@@H](NS(=O)(=O)CCCCCN1CC(=O)NC1=O)c1ccc(F)c(OC[C@H]2CCCN2C)c1. The number of amides is 3. The lowest BCUT2D eigenvalue weighted by Gasteiger charge is -2.21. The number of halogens is 1. The van der Waals surface area contributed by atoms with Crippen LogP contribution in [0.4, 0.5) is 9.18 Å². The minimum absolute atomic E-state index is 0.0525. The van der Waals surface area contributed by atoms with E-state index in [9.17, 15) is 22.4 Å². The maximum absolute atomic E-state index is 14.2. The van der Waals surface area contributed by atoms with Crippen molar-refractivity contribution >= 4 is 22.0 Å². The van der Waals surface area contributed by atoms with Gasteiger partial charge in [-0.3, -0.25) is 10.1 Å². The van der Waals surface area contributed by atoms with Gasteiger partial charge in [-0.05, 0) is 63.9 Å². The Morgan fingerprint density at radius 3 is 2.73 bits per heavy atom. The van der Waals surface area contributed by atoms with Crippen LogP contribution in [-0.4, -0.2) is 75.2 Å². The van der Waals surface area contributed by atoms with Crippen LogP contribution in [0.3, 0.4) is 0 Å². The number of urea groups is 1. The predicted octanol–water partition coefficient (Wildman–Crippen LogP) is 2.00. The number of benzene rings is 1. The quantitative estimate of drug-likeness (QED) is 0.347. The highest BCUT2D eigenvalue weighted by atomic mass is 32.2. The van der Waals surface area contributed by atoms with Crippen molar-refractivity contribution in [2.24, 2.45) is 0 Å². The molecule has 0 unspecified atom stereocenters. The molecule has 0 bridgehead atoms. The Hall–Kier alpha value is -2.24. The number of imide groups is 1. The number of hydrogen-bond donors (Lipinski definition) is 2. The van der Waals surface area contributed by atoms with E-state index in [2.05, 4.69) is 14.9 Å². The molecule has 2 saturated heterocycles. The molecule has 1 aromatic rings. The molecule has 2 fully saturated rings. The summed E-state index contributed by atoms with van der Waals surface area (Å²) >= 11 is 0. The van der Waals surface area contributed by atoms with Crippen molar-refractivity contribution in [1.29, 1.82) is 0 Å². The second-order valence-corrected chi connectivity index (χ2v) is 10.6. The van der Waals surface area contributed by atoms with E-state index in [0.717, 1.165) is 19.4 Å². The second-order valence-electron chi connectivity index (χ2n) is 8.77.